The zero-order chi connectivity index (χ0) is 12.8. The normalized spacial score (nSPS) is 12.2. The largest absolute Gasteiger partial charge is 0.490 e. The third-order valence-corrected chi connectivity index (χ3v) is 2.42. The molecule has 0 aromatic heterocycles. The number of benzene rings is 1. The predicted octanol–water partition coefficient (Wildman–Crippen LogP) is 2.50. The number of methoxy groups -OCH3 is 1. The second kappa shape index (κ2) is 6.25. The standard InChI is InChI=1S/C13H18O4/c1-9-4-5-12(11(8-9)13(14)15)17-10(2)6-7-16-3/h4-5,8,10H,6-7H2,1-3H3,(H,14,15). The number of carbonyl (C=O) groups is 1. The number of hydrogen-bond donors (Lipinski definition) is 1. The quantitative estimate of drug-likeness (QED) is 0.827. The van der Waals surface area contributed by atoms with Crippen molar-refractivity contribution >= 4 is 5.97 Å². The van der Waals surface area contributed by atoms with Gasteiger partial charge in [0.2, 0.25) is 0 Å². The fourth-order valence-electron chi connectivity index (χ4n) is 1.47. The number of carboxylic acids is 1. The topological polar surface area (TPSA) is 55.8 Å². The molecule has 0 aliphatic heterocycles. The number of aryl methyl sites for hydroxylation is 1. The molecule has 1 aromatic rings. The third kappa shape index (κ3) is 4.07. The van der Waals surface area contributed by atoms with E-state index in [1.54, 1.807) is 19.2 Å². The lowest BCUT2D eigenvalue weighted by Crippen LogP contribution is -2.16. The van der Waals surface area contributed by atoms with E-state index in [-0.39, 0.29) is 11.7 Å². The van der Waals surface area contributed by atoms with Gasteiger partial charge in [0.05, 0.1) is 6.10 Å². The van der Waals surface area contributed by atoms with Gasteiger partial charge in [0.15, 0.2) is 0 Å². The number of aromatic carboxylic acids is 1. The Hall–Kier alpha value is -1.55. The van der Waals surface area contributed by atoms with Gasteiger partial charge in [-0.05, 0) is 26.0 Å². The van der Waals surface area contributed by atoms with Crippen molar-refractivity contribution < 1.29 is 19.4 Å². The Bertz CT molecular complexity index is 387. The van der Waals surface area contributed by atoms with Crippen LogP contribution >= 0.6 is 0 Å². The van der Waals surface area contributed by atoms with Crippen LogP contribution in [-0.4, -0.2) is 30.9 Å². The SMILES string of the molecule is COCCC(C)Oc1ccc(C)cc1C(=O)O. The Morgan fingerprint density at radius 2 is 2.18 bits per heavy atom. The molecule has 4 nitrogen and oxygen atoms in total. The minimum Gasteiger partial charge on any atom is -0.490 e. The van der Waals surface area contributed by atoms with Crippen LogP contribution in [0.25, 0.3) is 0 Å². The molecule has 1 unspecified atom stereocenters. The van der Waals surface area contributed by atoms with Crippen LogP contribution < -0.4 is 4.74 Å². The molecule has 94 valence electrons. The first-order chi connectivity index (χ1) is 8.04. The molecule has 1 rings (SSSR count). The summed E-state index contributed by atoms with van der Waals surface area (Å²) in [4.78, 5) is 11.1. The van der Waals surface area contributed by atoms with Crippen molar-refractivity contribution in [3.05, 3.63) is 29.3 Å². The van der Waals surface area contributed by atoms with Crippen molar-refractivity contribution in [1.29, 1.82) is 0 Å². The predicted molar refractivity (Wildman–Crippen MR) is 64.7 cm³/mol. The van der Waals surface area contributed by atoms with Crippen molar-refractivity contribution in [3.8, 4) is 5.75 Å². The van der Waals surface area contributed by atoms with Crippen LogP contribution in [0.1, 0.15) is 29.3 Å². The van der Waals surface area contributed by atoms with E-state index in [4.69, 9.17) is 14.6 Å². The summed E-state index contributed by atoms with van der Waals surface area (Å²) in [6.45, 7) is 4.34. The maximum atomic E-state index is 11.1. The van der Waals surface area contributed by atoms with Gasteiger partial charge in [-0.25, -0.2) is 4.79 Å². The van der Waals surface area contributed by atoms with Crippen molar-refractivity contribution in [2.24, 2.45) is 0 Å². The van der Waals surface area contributed by atoms with E-state index in [2.05, 4.69) is 0 Å². The number of hydrogen-bond acceptors (Lipinski definition) is 3. The lowest BCUT2D eigenvalue weighted by atomic mass is 10.1. The molecular formula is C13H18O4. The van der Waals surface area contributed by atoms with Crippen molar-refractivity contribution in [3.63, 3.8) is 0 Å². The molecule has 0 saturated heterocycles. The minimum atomic E-state index is -0.970. The molecule has 1 N–H and O–H groups in total. The molecule has 1 atom stereocenters. The van der Waals surface area contributed by atoms with Crippen molar-refractivity contribution in [2.75, 3.05) is 13.7 Å². The van der Waals surface area contributed by atoms with Gasteiger partial charge in [-0.3, -0.25) is 0 Å². The highest BCUT2D eigenvalue weighted by molar-refractivity contribution is 5.91. The molecular weight excluding hydrogens is 220 g/mol. The molecule has 17 heavy (non-hydrogen) atoms. The molecule has 0 saturated carbocycles. The van der Waals surface area contributed by atoms with Crippen molar-refractivity contribution in [1.82, 2.24) is 0 Å². The van der Waals surface area contributed by atoms with Gasteiger partial charge in [-0.15, -0.1) is 0 Å². The maximum Gasteiger partial charge on any atom is 0.339 e. The van der Waals surface area contributed by atoms with Crippen LogP contribution in [0.15, 0.2) is 18.2 Å². The van der Waals surface area contributed by atoms with Gasteiger partial charge in [0.25, 0.3) is 0 Å². The summed E-state index contributed by atoms with van der Waals surface area (Å²) in [6.07, 6.45) is 0.652. The molecule has 4 heteroatoms. The zero-order valence-electron chi connectivity index (χ0n) is 10.4. The highest BCUT2D eigenvalue weighted by Crippen LogP contribution is 2.21. The molecule has 1 aromatic carbocycles. The Kier molecular flexibility index (Phi) is 4.97. The molecule has 0 bridgehead atoms. The fourth-order valence-corrected chi connectivity index (χ4v) is 1.47. The summed E-state index contributed by atoms with van der Waals surface area (Å²) in [7, 11) is 1.63. The van der Waals surface area contributed by atoms with Gasteiger partial charge in [0.1, 0.15) is 11.3 Å². The van der Waals surface area contributed by atoms with Crippen LogP contribution in [0.4, 0.5) is 0 Å². The highest BCUT2D eigenvalue weighted by atomic mass is 16.5. The number of ether oxygens (including phenoxy) is 2. The molecule has 0 fully saturated rings. The molecule has 0 radical (unpaired) electrons. The van der Waals surface area contributed by atoms with Gasteiger partial charge in [-0.1, -0.05) is 11.6 Å². The van der Waals surface area contributed by atoms with E-state index in [1.807, 2.05) is 19.9 Å². The van der Waals surface area contributed by atoms with Gasteiger partial charge in [-0.2, -0.15) is 0 Å². The van der Waals surface area contributed by atoms with Gasteiger partial charge in [0, 0.05) is 20.1 Å². The average Bonchev–Trinajstić information content (AvgIpc) is 2.28. The average molecular weight is 238 g/mol. The zero-order valence-corrected chi connectivity index (χ0v) is 10.4. The molecule has 0 spiro atoms. The fraction of sp³-hybridized carbons (Fsp3) is 0.462. The third-order valence-electron chi connectivity index (χ3n) is 2.42. The number of carboxylic acid groups (broad SMARTS) is 1. The van der Waals surface area contributed by atoms with E-state index in [0.29, 0.717) is 12.4 Å². The Balaban J connectivity index is 2.79. The number of rotatable bonds is 6. The lowest BCUT2D eigenvalue weighted by Gasteiger charge is -2.16. The second-order valence-corrected chi connectivity index (χ2v) is 4.01. The lowest BCUT2D eigenvalue weighted by molar-refractivity contribution is 0.0687. The second-order valence-electron chi connectivity index (χ2n) is 4.01. The molecule has 0 amide bonds. The van der Waals surface area contributed by atoms with Crippen LogP contribution in [-0.2, 0) is 4.74 Å². The van der Waals surface area contributed by atoms with Gasteiger partial charge < -0.3 is 14.6 Å². The minimum absolute atomic E-state index is 0.0734. The molecule has 0 aliphatic rings. The van der Waals surface area contributed by atoms with Crippen molar-refractivity contribution in [2.45, 2.75) is 26.4 Å². The maximum absolute atomic E-state index is 11.1. The van der Waals surface area contributed by atoms with Crippen LogP contribution in [0.5, 0.6) is 5.75 Å². The highest BCUT2D eigenvalue weighted by Gasteiger charge is 2.13. The smallest absolute Gasteiger partial charge is 0.339 e. The van der Waals surface area contributed by atoms with E-state index < -0.39 is 5.97 Å². The summed E-state index contributed by atoms with van der Waals surface area (Å²) in [6, 6.07) is 5.15. The van der Waals surface area contributed by atoms with Crippen LogP contribution in [0.3, 0.4) is 0 Å². The summed E-state index contributed by atoms with van der Waals surface area (Å²) in [5.74, 6) is -0.561. The molecule has 0 aliphatic carbocycles. The summed E-state index contributed by atoms with van der Waals surface area (Å²) >= 11 is 0. The first-order valence-electron chi connectivity index (χ1n) is 5.54. The van der Waals surface area contributed by atoms with E-state index in [1.165, 1.54) is 0 Å². The van der Waals surface area contributed by atoms with Gasteiger partial charge >= 0.3 is 5.97 Å². The molecule has 0 heterocycles. The Labute approximate surface area is 101 Å². The Morgan fingerprint density at radius 3 is 2.76 bits per heavy atom. The van der Waals surface area contributed by atoms with Crippen LogP contribution in [0, 0.1) is 6.92 Å². The summed E-state index contributed by atoms with van der Waals surface area (Å²) in [5, 5.41) is 9.07. The summed E-state index contributed by atoms with van der Waals surface area (Å²) in [5.41, 5.74) is 1.11. The van der Waals surface area contributed by atoms with E-state index in [0.717, 1.165) is 12.0 Å². The van der Waals surface area contributed by atoms with Crippen LogP contribution in [0.2, 0.25) is 0 Å². The first-order valence-corrected chi connectivity index (χ1v) is 5.54. The summed E-state index contributed by atoms with van der Waals surface area (Å²) < 4.78 is 10.6. The Morgan fingerprint density at radius 1 is 1.47 bits per heavy atom. The monoisotopic (exact) mass is 238 g/mol. The van der Waals surface area contributed by atoms with E-state index >= 15 is 0 Å². The van der Waals surface area contributed by atoms with E-state index in [9.17, 15) is 4.79 Å². The first kappa shape index (κ1) is 13.5.